The number of hydrogen-bond donors (Lipinski definition) is 5. The van der Waals surface area contributed by atoms with Crippen molar-refractivity contribution in [2.75, 3.05) is 22.9 Å². The number of nitrogens with zero attached hydrogens (tertiary/aromatic N) is 1. The van der Waals surface area contributed by atoms with Gasteiger partial charge in [0.05, 0.1) is 24.7 Å². The number of aliphatic hydroxyl groups is 2. The molecule has 5 N–H and O–H groups in total. The topological polar surface area (TPSA) is 149 Å². The predicted octanol–water partition coefficient (Wildman–Crippen LogP) is 2.66. The number of aliphatic hydroxyl groups excluding tert-OH is 2. The highest BCUT2D eigenvalue weighted by Gasteiger charge is 2.59. The number of phenols is 1. The van der Waals surface area contributed by atoms with Crippen molar-refractivity contribution in [2.24, 2.45) is 16.7 Å². The van der Waals surface area contributed by atoms with E-state index in [-0.39, 0.29) is 41.7 Å². The van der Waals surface area contributed by atoms with Crippen LogP contribution in [0.3, 0.4) is 0 Å². The Hall–Kier alpha value is -2.21. The van der Waals surface area contributed by atoms with Crippen molar-refractivity contribution in [1.82, 2.24) is 4.98 Å². The maximum absolute atomic E-state index is 13.1. The van der Waals surface area contributed by atoms with Gasteiger partial charge in [-0.15, -0.1) is 11.3 Å². The Bertz CT molecular complexity index is 1200. The minimum atomic E-state index is -3.52. The second-order valence-corrected chi connectivity index (χ2v) is 12.9. The molecular weight excluding hydrogens is 478 g/mol. The minimum absolute atomic E-state index is 0.0424. The summed E-state index contributed by atoms with van der Waals surface area (Å²) < 4.78 is 26.1. The summed E-state index contributed by atoms with van der Waals surface area (Å²) in [5, 5.41) is 33.9. The van der Waals surface area contributed by atoms with Crippen LogP contribution in [0.4, 0.5) is 10.8 Å². The van der Waals surface area contributed by atoms with Crippen LogP contribution < -0.4 is 10.0 Å². The zero-order chi connectivity index (χ0) is 24.9. The number of anilines is 2. The second kappa shape index (κ2) is 8.78. The average Bonchev–Trinajstić information content (AvgIpc) is 3.13. The number of sulfonamides is 1. The van der Waals surface area contributed by atoms with Crippen LogP contribution in [0.25, 0.3) is 0 Å². The van der Waals surface area contributed by atoms with E-state index in [0.717, 1.165) is 11.1 Å². The molecule has 11 heteroatoms. The van der Waals surface area contributed by atoms with Crippen molar-refractivity contribution in [2.45, 2.75) is 51.6 Å². The van der Waals surface area contributed by atoms with Crippen LogP contribution in [0.15, 0.2) is 24.3 Å². The van der Waals surface area contributed by atoms with E-state index in [1.807, 2.05) is 6.92 Å². The monoisotopic (exact) mass is 509 g/mol. The average molecular weight is 510 g/mol. The first-order chi connectivity index (χ1) is 15.9. The highest BCUT2D eigenvalue weighted by Crippen LogP contribution is 2.62. The Morgan fingerprint density at radius 3 is 2.71 bits per heavy atom. The molecule has 1 aromatic heterocycles. The molecule has 0 saturated heterocycles. The van der Waals surface area contributed by atoms with Crippen LogP contribution in [0, 0.1) is 16.7 Å². The third-order valence-corrected chi connectivity index (χ3v) is 9.39. The molecule has 5 unspecified atom stereocenters. The number of carbonyl (C=O) groups is 1. The Morgan fingerprint density at radius 2 is 2.06 bits per heavy atom. The van der Waals surface area contributed by atoms with Gasteiger partial charge in [0.25, 0.3) is 0 Å². The minimum Gasteiger partial charge on any atom is -0.508 e. The molecule has 4 rings (SSSR count). The summed E-state index contributed by atoms with van der Waals surface area (Å²) >= 11 is 1.24. The highest BCUT2D eigenvalue weighted by atomic mass is 32.2. The van der Waals surface area contributed by atoms with E-state index in [9.17, 15) is 28.5 Å². The molecule has 1 aromatic carbocycles. The van der Waals surface area contributed by atoms with E-state index in [0.29, 0.717) is 30.6 Å². The number of aromatic nitrogens is 1. The summed E-state index contributed by atoms with van der Waals surface area (Å²) in [5.74, 6) is -0.693. The number of thiazole rings is 1. The van der Waals surface area contributed by atoms with Gasteiger partial charge in [0, 0.05) is 34.4 Å². The van der Waals surface area contributed by atoms with Gasteiger partial charge in [-0.3, -0.25) is 9.52 Å². The Morgan fingerprint density at radius 1 is 1.32 bits per heavy atom. The van der Waals surface area contributed by atoms with Crippen molar-refractivity contribution in [3.63, 3.8) is 0 Å². The number of hydrogen-bond acceptors (Lipinski definition) is 8. The van der Waals surface area contributed by atoms with Gasteiger partial charge in [-0.1, -0.05) is 19.9 Å². The summed E-state index contributed by atoms with van der Waals surface area (Å²) in [5.41, 5.74) is -0.0487. The summed E-state index contributed by atoms with van der Waals surface area (Å²) in [4.78, 5) is 18.6. The zero-order valence-electron chi connectivity index (χ0n) is 19.4. The highest BCUT2D eigenvalue weighted by molar-refractivity contribution is 7.92. The summed E-state index contributed by atoms with van der Waals surface area (Å²) in [6.07, 6.45) is 2.14. The lowest BCUT2D eigenvalue weighted by Gasteiger charge is -2.58. The predicted molar refractivity (Wildman–Crippen MR) is 130 cm³/mol. The number of carbonyl (C=O) groups excluding carboxylic acids is 1. The maximum atomic E-state index is 13.1. The van der Waals surface area contributed by atoms with Crippen molar-refractivity contribution in [3.05, 3.63) is 34.8 Å². The largest absolute Gasteiger partial charge is 0.508 e. The fourth-order valence-corrected chi connectivity index (χ4v) is 7.73. The molecule has 0 spiro atoms. The number of rotatable bonds is 6. The van der Waals surface area contributed by atoms with Crippen molar-refractivity contribution in [1.29, 1.82) is 0 Å². The van der Waals surface area contributed by atoms with E-state index in [1.165, 1.54) is 23.5 Å². The van der Waals surface area contributed by atoms with Crippen molar-refractivity contribution in [3.8, 4) is 5.75 Å². The fraction of sp³-hybridized carbons (Fsp3) is 0.565. The maximum Gasteiger partial charge on any atom is 0.231 e. The molecule has 1 amide bonds. The number of benzene rings is 1. The van der Waals surface area contributed by atoms with Crippen LogP contribution in [0.5, 0.6) is 5.75 Å². The molecule has 2 aliphatic carbocycles. The Balaban J connectivity index is 1.73. The SMILES string of the molecule is CC1(CO)C(O)CCC2(C)C(CC(=O)Nc3cccc(O)c3)c3nc(NS(C)(=O)=O)sc3CC12. The first-order valence-corrected chi connectivity index (χ1v) is 13.9. The molecule has 1 fully saturated rings. The number of nitrogens with one attached hydrogen (secondary N) is 2. The van der Waals surface area contributed by atoms with Gasteiger partial charge in [-0.25, -0.2) is 13.4 Å². The summed E-state index contributed by atoms with van der Waals surface area (Å²) in [7, 11) is -3.52. The zero-order valence-corrected chi connectivity index (χ0v) is 21.0. The van der Waals surface area contributed by atoms with Crippen LogP contribution in [0.2, 0.25) is 0 Å². The van der Waals surface area contributed by atoms with Crippen molar-refractivity contribution < 1.29 is 28.5 Å². The molecule has 2 aromatic rings. The lowest BCUT2D eigenvalue weighted by molar-refractivity contribution is -0.143. The summed E-state index contributed by atoms with van der Waals surface area (Å²) in [6.45, 7) is 3.76. The first kappa shape index (κ1) is 24.9. The molecule has 1 heterocycles. The molecule has 1 saturated carbocycles. The van der Waals surface area contributed by atoms with Gasteiger partial charge in [0.2, 0.25) is 15.9 Å². The fourth-order valence-electron chi connectivity index (χ4n) is 5.83. The molecule has 0 aliphatic heterocycles. The standard InChI is InChI=1S/C23H31N3O6S2/c1-22-8-7-18(29)23(2,12-27)17(22)11-16-20(25-21(33-16)26-34(3,31)32)15(22)10-19(30)24-13-5-4-6-14(28)9-13/h4-6,9,15,17-18,27-29H,7-8,10-12H2,1-3H3,(H,24,30)(H,25,26). The molecule has 186 valence electrons. The van der Waals surface area contributed by atoms with Crippen molar-refractivity contribution >= 4 is 38.1 Å². The molecule has 0 radical (unpaired) electrons. The van der Waals surface area contributed by atoms with E-state index < -0.39 is 27.0 Å². The second-order valence-electron chi connectivity index (χ2n) is 10.0. The molecule has 9 nitrogen and oxygen atoms in total. The van der Waals surface area contributed by atoms with Crippen LogP contribution in [-0.2, 0) is 21.2 Å². The molecule has 2 aliphatic rings. The van der Waals surface area contributed by atoms with Crippen LogP contribution in [-0.4, -0.2) is 53.6 Å². The Labute approximate surface area is 203 Å². The Kier molecular flexibility index (Phi) is 6.43. The third kappa shape index (κ3) is 4.53. The van der Waals surface area contributed by atoms with Gasteiger partial charge >= 0.3 is 0 Å². The van der Waals surface area contributed by atoms with E-state index in [1.54, 1.807) is 12.1 Å². The van der Waals surface area contributed by atoms with Gasteiger partial charge in [-0.2, -0.15) is 0 Å². The van der Waals surface area contributed by atoms with Gasteiger partial charge < -0.3 is 20.6 Å². The first-order valence-electron chi connectivity index (χ1n) is 11.2. The number of fused-ring (bicyclic) bond motifs is 2. The number of phenolic OH excluding ortho intramolecular Hbond substituents is 1. The molecule has 0 bridgehead atoms. The van der Waals surface area contributed by atoms with E-state index >= 15 is 0 Å². The van der Waals surface area contributed by atoms with Gasteiger partial charge in [0.1, 0.15) is 5.75 Å². The van der Waals surface area contributed by atoms with Gasteiger partial charge in [-0.05, 0) is 42.7 Å². The van der Waals surface area contributed by atoms with E-state index in [4.69, 9.17) is 0 Å². The smallest absolute Gasteiger partial charge is 0.231 e. The number of amides is 1. The number of aromatic hydroxyl groups is 1. The quantitative estimate of drug-likeness (QED) is 0.402. The lowest BCUT2D eigenvalue weighted by atomic mass is 9.47. The summed E-state index contributed by atoms with van der Waals surface area (Å²) in [6, 6.07) is 6.31. The van der Waals surface area contributed by atoms with Gasteiger partial charge in [0.15, 0.2) is 5.13 Å². The van der Waals surface area contributed by atoms with Crippen LogP contribution in [0.1, 0.15) is 49.6 Å². The van der Waals surface area contributed by atoms with E-state index in [2.05, 4.69) is 21.9 Å². The van der Waals surface area contributed by atoms with Crippen LogP contribution >= 0.6 is 11.3 Å². The normalized spacial score (nSPS) is 30.8. The molecular formula is C23H31N3O6S2. The molecule has 34 heavy (non-hydrogen) atoms. The molecule has 5 atom stereocenters. The third-order valence-electron chi connectivity index (χ3n) is 7.69. The lowest BCUT2D eigenvalue weighted by Crippen LogP contribution is -2.57.